The van der Waals surface area contributed by atoms with E-state index in [4.69, 9.17) is 11.6 Å². The summed E-state index contributed by atoms with van der Waals surface area (Å²) in [6.07, 6.45) is 3.35. The van der Waals surface area contributed by atoms with Gasteiger partial charge in [0.1, 0.15) is 5.52 Å². The molecule has 2 aromatic heterocycles. The van der Waals surface area contributed by atoms with Crippen LogP contribution < -0.4 is 15.4 Å². The molecule has 1 unspecified atom stereocenters. The molecule has 5 rings (SSSR count). The predicted octanol–water partition coefficient (Wildman–Crippen LogP) is 2.55. The highest BCUT2D eigenvalue weighted by Crippen LogP contribution is 2.24. The highest BCUT2D eigenvalue weighted by Gasteiger charge is 2.32. The first-order valence-electron chi connectivity index (χ1n) is 11.4. The smallest absolute Gasteiger partial charge is 0.294 e. The van der Waals surface area contributed by atoms with Gasteiger partial charge in [0.2, 0.25) is 5.91 Å². The summed E-state index contributed by atoms with van der Waals surface area (Å²) in [5, 5.41) is 0.724. The molecule has 172 valence electrons. The number of anilines is 2. The van der Waals surface area contributed by atoms with Crippen LogP contribution in [0.4, 0.5) is 11.5 Å². The molecule has 0 radical (unpaired) electrons. The van der Waals surface area contributed by atoms with E-state index in [1.165, 1.54) is 0 Å². The molecule has 1 atom stereocenters. The van der Waals surface area contributed by atoms with Gasteiger partial charge in [-0.05, 0) is 49.2 Å². The van der Waals surface area contributed by atoms with E-state index in [0.717, 1.165) is 43.2 Å². The lowest BCUT2D eigenvalue weighted by atomic mass is 9.96. The van der Waals surface area contributed by atoms with Crippen molar-refractivity contribution < 1.29 is 4.79 Å². The number of piperidine rings is 1. The molecule has 9 heteroatoms. The van der Waals surface area contributed by atoms with Crippen LogP contribution in [0.5, 0.6) is 0 Å². The van der Waals surface area contributed by atoms with Crippen molar-refractivity contribution in [3.05, 3.63) is 58.0 Å². The number of hydrogen-bond acceptors (Lipinski definition) is 6. The van der Waals surface area contributed by atoms with Crippen molar-refractivity contribution in [1.82, 2.24) is 19.4 Å². The highest BCUT2D eigenvalue weighted by molar-refractivity contribution is 6.30. The van der Waals surface area contributed by atoms with Crippen LogP contribution in [-0.2, 0) is 11.8 Å². The molecule has 8 nitrogen and oxygen atoms in total. The zero-order valence-corrected chi connectivity index (χ0v) is 19.4. The van der Waals surface area contributed by atoms with E-state index in [2.05, 4.69) is 14.9 Å². The molecule has 3 aromatic rings. The van der Waals surface area contributed by atoms with Gasteiger partial charge in [-0.1, -0.05) is 11.6 Å². The minimum atomic E-state index is -0.175. The summed E-state index contributed by atoms with van der Waals surface area (Å²) in [6.45, 7) is 4.22. The van der Waals surface area contributed by atoms with Crippen LogP contribution in [0.15, 0.2) is 47.4 Å². The Morgan fingerprint density at radius 1 is 1.03 bits per heavy atom. The number of hydrogen-bond donors (Lipinski definition) is 0. The van der Waals surface area contributed by atoms with Crippen molar-refractivity contribution >= 4 is 40.2 Å². The van der Waals surface area contributed by atoms with Crippen molar-refractivity contribution in [1.29, 1.82) is 0 Å². The summed E-state index contributed by atoms with van der Waals surface area (Å²) in [7, 11) is 1.72. The maximum absolute atomic E-state index is 13.3. The first kappa shape index (κ1) is 21.7. The van der Waals surface area contributed by atoms with E-state index in [-0.39, 0.29) is 17.4 Å². The number of aryl methyl sites for hydroxylation is 1. The third-order valence-electron chi connectivity index (χ3n) is 6.66. The van der Waals surface area contributed by atoms with Crippen molar-refractivity contribution in [3.8, 4) is 0 Å². The van der Waals surface area contributed by atoms with Crippen LogP contribution in [0.3, 0.4) is 0 Å². The van der Waals surface area contributed by atoms with Gasteiger partial charge in [-0.2, -0.15) is 0 Å². The molecule has 2 aliphatic heterocycles. The summed E-state index contributed by atoms with van der Waals surface area (Å²) in [5.41, 5.74) is 2.20. The number of aromatic nitrogens is 3. The van der Waals surface area contributed by atoms with Gasteiger partial charge in [-0.15, -0.1) is 0 Å². The van der Waals surface area contributed by atoms with Gasteiger partial charge >= 0.3 is 0 Å². The number of amides is 1. The summed E-state index contributed by atoms with van der Waals surface area (Å²) in [6, 6.07) is 11.5. The Labute approximate surface area is 197 Å². The molecule has 4 heterocycles. The fraction of sp³-hybridized carbons (Fsp3) is 0.417. The van der Waals surface area contributed by atoms with Crippen molar-refractivity contribution in [3.63, 3.8) is 0 Å². The molecule has 0 bridgehead atoms. The van der Waals surface area contributed by atoms with Gasteiger partial charge in [0, 0.05) is 63.2 Å². The van der Waals surface area contributed by atoms with Crippen LogP contribution in [0.2, 0.25) is 5.02 Å². The van der Waals surface area contributed by atoms with Gasteiger partial charge in [0.25, 0.3) is 5.56 Å². The number of piperazine rings is 1. The quantitative estimate of drug-likeness (QED) is 0.590. The van der Waals surface area contributed by atoms with Crippen LogP contribution in [0.1, 0.15) is 12.8 Å². The predicted molar refractivity (Wildman–Crippen MR) is 130 cm³/mol. The minimum absolute atomic E-state index is 0.128. The Hall–Kier alpha value is -3.13. The molecule has 33 heavy (non-hydrogen) atoms. The Bertz CT molecular complexity index is 1220. The maximum Gasteiger partial charge on any atom is 0.294 e. The number of pyridine rings is 1. The van der Waals surface area contributed by atoms with Crippen LogP contribution in [0.25, 0.3) is 11.2 Å². The van der Waals surface area contributed by atoms with Gasteiger partial charge in [0.05, 0.1) is 5.92 Å². The van der Waals surface area contributed by atoms with Crippen LogP contribution in [-0.4, -0.2) is 64.6 Å². The lowest BCUT2D eigenvalue weighted by Gasteiger charge is -2.40. The average molecular weight is 467 g/mol. The van der Waals surface area contributed by atoms with Gasteiger partial charge in [-0.3, -0.25) is 14.2 Å². The standard InChI is InChI=1S/C24H27ClN6O2/c1-28-21-20(5-2-10-26-21)27-22(24(28)33)31-11-3-4-17(16-31)23(32)30-14-12-29(13-15-30)19-8-6-18(25)7-9-19/h2,5-10,17H,3-4,11-16H2,1H3. The fourth-order valence-electron chi connectivity index (χ4n) is 4.81. The Balaban J connectivity index is 1.27. The number of benzene rings is 1. The Kier molecular flexibility index (Phi) is 5.93. The monoisotopic (exact) mass is 466 g/mol. The summed E-state index contributed by atoms with van der Waals surface area (Å²) in [5.74, 6) is 0.453. The summed E-state index contributed by atoms with van der Waals surface area (Å²) in [4.78, 5) is 41.4. The number of carbonyl (C=O) groups is 1. The normalized spacial score (nSPS) is 19.2. The molecular weight excluding hydrogens is 440 g/mol. The van der Waals surface area contributed by atoms with Gasteiger partial charge in [-0.25, -0.2) is 9.97 Å². The number of fused-ring (bicyclic) bond motifs is 1. The zero-order valence-electron chi connectivity index (χ0n) is 18.7. The molecule has 0 N–H and O–H groups in total. The van der Waals surface area contributed by atoms with Crippen molar-refractivity contribution in [2.45, 2.75) is 12.8 Å². The maximum atomic E-state index is 13.3. The molecule has 0 aliphatic carbocycles. The third kappa shape index (κ3) is 4.27. The largest absolute Gasteiger partial charge is 0.368 e. The SMILES string of the molecule is Cn1c(=O)c(N2CCCC(C(=O)N3CCN(c4ccc(Cl)cc4)CC3)C2)nc2cccnc21. The van der Waals surface area contributed by atoms with E-state index in [1.807, 2.05) is 46.2 Å². The zero-order chi connectivity index (χ0) is 22.9. The molecule has 1 amide bonds. The second kappa shape index (κ2) is 9.02. The van der Waals surface area contributed by atoms with Crippen LogP contribution in [0, 0.1) is 5.92 Å². The topological polar surface area (TPSA) is 74.6 Å². The fourth-order valence-corrected chi connectivity index (χ4v) is 4.94. The lowest BCUT2D eigenvalue weighted by Crippen LogP contribution is -2.53. The number of carbonyl (C=O) groups excluding carboxylic acids is 1. The second-order valence-corrected chi connectivity index (χ2v) is 9.16. The lowest BCUT2D eigenvalue weighted by molar-refractivity contribution is -0.136. The molecule has 2 saturated heterocycles. The van der Waals surface area contributed by atoms with E-state index < -0.39 is 0 Å². The van der Waals surface area contributed by atoms with Gasteiger partial charge < -0.3 is 14.7 Å². The summed E-state index contributed by atoms with van der Waals surface area (Å²) < 4.78 is 1.54. The summed E-state index contributed by atoms with van der Waals surface area (Å²) >= 11 is 6.00. The molecule has 2 aliphatic rings. The van der Waals surface area contributed by atoms with E-state index in [1.54, 1.807) is 17.8 Å². The minimum Gasteiger partial charge on any atom is -0.368 e. The molecule has 0 spiro atoms. The van der Waals surface area contributed by atoms with Crippen molar-refractivity contribution in [2.75, 3.05) is 49.1 Å². The highest BCUT2D eigenvalue weighted by atomic mass is 35.5. The molecule has 0 saturated carbocycles. The van der Waals surface area contributed by atoms with E-state index in [9.17, 15) is 9.59 Å². The van der Waals surface area contributed by atoms with Crippen molar-refractivity contribution in [2.24, 2.45) is 13.0 Å². The second-order valence-electron chi connectivity index (χ2n) is 8.72. The molecule has 2 fully saturated rings. The first-order valence-corrected chi connectivity index (χ1v) is 11.7. The van der Waals surface area contributed by atoms with E-state index in [0.29, 0.717) is 36.6 Å². The number of rotatable bonds is 3. The Morgan fingerprint density at radius 2 is 1.79 bits per heavy atom. The van der Waals surface area contributed by atoms with Crippen LogP contribution >= 0.6 is 11.6 Å². The van der Waals surface area contributed by atoms with E-state index >= 15 is 0 Å². The number of nitrogens with zero attached hydrogens (tertiary/aromatic N) is 6. The average Bonchev–Trinajstić information content (AvgIpc) is 2.86. The third-order valence-corrected chi connectivity index (χ3v) is 6.91. The Morgan fingerprint density at radius 3 is 2.55 bits per heavy atom. The van der Waals surface area contributed by atoms with Gasteiger partial charge in [0.15, 0.2) is 11.5 Å². The number of halogens is 1. The first-order chi connectivity index (χ1) is 16.0. The molecule has 1 aromatic carbocycles. The molecular formula is C24H27ClN6O2.